The molecule has 0 aliphatic rings. The van der Waals surface area contributed by atoms with Crippen molar-refractivity contribution in [3.05, 3.63) is 59.1 Å². The van der Waals surface area contributed by atoms with E-state index in [-0.39, 0.29) is 11.5 Å². The van der Waals surface area contributed by atoms with E-state index in [0.717, 1.165) is 15.2 Å². The van der Waals surface area contributed by atoms with Crippen molar-refractivity contribution in [2.75, 3.05) is 0 Å². The molecule has 2 N–H and O–H groups in total. The average Bonchev–Trinajstić information content (AvgIpc) is 2.53. The second-order valence-electron chi connectivity index (χ2n) is 5.07. The van der Waals surface area contributed by atoms with Gasteiger partial charge in [0, 0.05) is 26.0 Å². The topological polar surface area (TPSA) is 40.5 Å². The summed E-state index contributed by atoms with van der Waals surface area (Å²) >= 11 is 3.55. The third-order valence-electron chi connectivity index (χ3n) is 3.92. The fourth-order valence-corrected chi connectivity index (χ4v) is 3.52. The molecule has 0 radical (unpaired) electrons. The fourth-order valence-electron chi connectivity index (χ4n) is 2.95. The molecule has 0 unspecified atom stereocenters. The maximum absolute atomic E-state index is 10.7. The first-order valence-corrected chi connectivity index (χ1v) is 7.41. The molecule has 4 aromatic carbocycles. The maximum atomic E-state index is 10.7. The molecule has 0 heterocycles. The Morgan fingerprint density at radius 3 is 1.81 bits per heavy atom. The van der Waals surface area contributed by atoms with Crippen molar-refractivity contribution in [2.45, 2.75) is 0 Å². The number of aromatic hydroxyl groups is 2. The molecule has 4 aromatic rings. The summed E-state index contributed by atoms with van der Waals surface area (Å²) in [6.45, 7) is 0. The van der Waals surface area contributed by atoms with Crippen molar-refractivity contribution in [1.82, 2.24) is 0 Å². The van der Waals surface area contributed by atoms with Crippen LogP contribution >= 0.6 is 15.9 Å². The van der Waals surface area contributed by atoms with Crippen LogP contribution in [0.5, 0.6) is 11.5 Å². The van der Waals surface area contributed by atoms with Crippen LogP contribution in [-0.2, 0) is 0 Å². The van der Waals surface area contributed by atoms with Crippen LogP contribution in [-0.4, -0.2) is 10.2 Å². The van der Waals surface area contributed by atoms with E-state index in [1.807, 2.05) is 54.6 Å². The monoisotopic (exact) mass is 338 g/mol. The lowest BCUT2D eigenvalue weighted by atomic mass is 9.96. The van der Waals surface area contributed by atoms with Crippen LogP contribution in [0.4, 0.5) is 0 Å². The van der Waals surface area contributed by atoms with E-state index in [4.69, 9.17) is 0 Å². The molecular formula is C18H11BrO2. The van der Waals surface area contributed by atoms with E-state index >= 15 is 0 Å². The summed E-state index contributed by atoms with van der Waals surface area (Å²) < 4.78 is 0.899. The molecule has 0 atom stereocenters. The highest BCUT2D eigenvalue weighted by Gasteiger charge is 2.16. The van der Waals surface area contributed by atoms with Gasteiger partial charge in [-0.05, 0) is 16.8 Å². The van der Waals surface area contributed by atoms with Crippen molar-refractivity contribution >= 4 is 48.2 Å². The molecular weight excluding hydrogens is 328 g/mol. The minimum Gasteiger partial charge on any atom is -0.507 e. The van der Waals surface area contributed by atoms with Gasteiger partial charge in [0.2, 0.25) is 0 Å². The largest absolute Gasteiger partial charge is 0.507 e. The van der Waals surface area contributed by atoms with Crippen molar-refractivity contribution in [3.8, 4) is 11.5 Å². The SMILES string of the molecule is Oc1c2ccccc2c(O)c2c1cc(Br)c1ccccc12. The predicted octanol–water partition coefficient (Wildman–Crippen LogP) is 5.32. The van der Waals surface area contributed by atoms with E-state index < -0.39 is 0 Å². The van der Waals surface area contributed by atoms with Crippen molar-refractivity contribution in [3.63, 3.8) is 0 Å². The summed E-state index contributed by atoms with van der Waals surface area (Å²) in [4.78, 5) is 0. The Kier molecular flexibility index (Phi) is 2.59. The molecule has 0 aromatic heterocycles. The van der Waals surface area contributed by atoms with Gasteiger partial charge in [0.15, 0.2) is 0 Å². The molecule has 0 saturated heterocycles. The summed E-state index contributed by atoms with van der Waals surface area (Å²) in [5.41, 5.74) is 0. The van der Waals surface area contributed by atoms with Crippen LogP contribution in [0.1, 0.15) is 0 Å². The van der Waals surface area contributed by atoms with E-state index in [1.54, 1.807) is 0 Å². The van der Waals surface area contributed by atoms with Crippen molar-refractivity contribution in [2.24, 2.45) is 0 Å². The van der Waals surface area contributed by atoms with E-state index in [1.165, 1.54) is 0 Å². The summed E-state index contributed by atoms with van der Waals surface area (Å²) in [6, 6.07) is 17.0. The summed E-state index contributed by atoms with van der Waals surface area (Å²) in [6.07, 6.45) is 0. The lowest BCUT2D eigenvalue weighted by Gasteiger charge is -2.13. The Labute approximate surface area is 129 Å². The van der Waals surface area contributed by atoms with Crippen LogP contribution in [0.25, 0.3) is 32.3 Å². The van der Waals surface area contributed by atoms with Gasteiger partial charge in [-0.3, -0.25) is 0 Å². The first-order chi connectivity index (χ1) is 10.2. The lowest BCUT2D eigenvalue weighted by Crippen LogP contribution is -1.84. The van der Waals surface area contributed by atoms with Gasteiger partial charge in [-0.15, -0.1) is 0 Å². The smallest absolute Gasteiger partial charge is 0.132 e. The number of fused-ring (bicyclic) bond motifs is 4. The van der Waals surface area contributed by atoms with Gasteiger partial charge < -0.3 is 10.2 Å². The quantitative estimate of drug-likeness (QED) is 0.259. The average molecular weight is 339 g/mol. The van der Waals surface area contributed by atoms with E-state index in [0.29, 0.717) is 21.5 Å². The Hall–Kier alpha value is -2.26. The summed E-state index contributed by atoms with van der Waals surface area (Å²) in [7, 11) is 0. The fraction of sp³-hybridized carbons (Fsp3) is 0. The minimum atomic E-state index is 0.199. The summed E-state index contributed by atoms with van der Waals surface area (Å²) in [5, 5.41) is 25.9. The Morgan fingerprint density at radius 2 is 1.14 bits per heavy atom. The molecule has 0 aliphatic carbocycles. The lowest BCUT2D eigenvalue weighted by molar-refractivity contribution is 0.479. The highest BCUT2D eigenvalue weighted by molar-refractivity contribution is 9.10. The van der Waals surface area contributed by atoms with Gasteiger partial charge in [0.05, 0.1) is 0 Å². The normalized spacial score (nSPS) is 11.5. The van der Waals surface area contributed by atoms with Crippen molar-refractivity contribution < 1.29 is 10.2 Å². The van der Waals surface area contributed by atoms with Gasteiger partial charge >= 0.3 is 0 Å². The molecule has 0 bridgehead atoms. The maximum Gasteiger partial charge on any atom is 0.132 e. The van der Waals surface area contributed by atoms with Crippen LogP contribution in [0.15, 0.2) is 59.1 Å². The summed E-state index contributed by atoms with van der Waals surface area (Å²) in [5.74, 6) is 0.409. The molecule has 0 fully saturated rings. The second-order valence-corrected chi connectivity index (χ2v) is 5.92. The molecule has 0 amide bonds. The van der Waals surface area contributed by atoms with Gasteiger partial charge in [0.1, 0.15) is 11.5 Å². The Morgan fingerprint density at radius 1 is 0.619 bits per heavy atom. The highest BCUT2D eigenvalue weighted by atomic mass is 79.9. The molecule has 0 aliphatic heterocycles. The van der Waals surface area contributed by atoms with Crippen molar-refractivity contribution in [1.29, 1.82) is 0 Å². The van der Waals surface area contributed by atoms with E-state index in [2.05, 4.69) is 15.9 Å². The number of halogens is 1. The third kappa shape index (κ3) is 1.64. The molecule has 2 nitrogen and oxygen atoms in total. The molecule has 4 rings (SSSR count). The third-order valence-corrected chi connectivity index (χ3v) is 4.58. The number of rotatable bonds is 0. The van der Waals surface area contributed by atoms with Crippen LogP contribution in [0, 0.1) is 0 Å². The van der Waals surface area contributed by atoms with Crippen LogP contribution in [0.2, 0.25) is 0 Å². The van der Waals surface area contributed by atoms with Crippen LogP contribution in [0.3, 0.4) is 0 Å². The first kappa shape index (κ1) is 12.5. The molecule has 0 spiro atoms. The Bertz CT molecular complexity index is 1020. The molecule has 3 heteroatoms. The van der Waals surface area contributed by atoms with Gasteiger partial charge in [-0.25, -0.2) is 0 Å². The Balaban J connectivity index is 2.40. The highest BCUT2D eigenvalue weighted by Crippen LogP contribution is 2.45. The number of phenolic OH excluding ortho intramolecular Hbond substituents is 2. The zero-order valence-electron chi connectivity index (χ0n) is 11.0. The zero-order chi connectivity index (χ0) is 14.6. The second kappa shape index (κ2) is 4.37. The van der Waals surface area contributed by atoms with Gasteiger partial charge in [-0.2, -0.15) is 0 Å². The number of hydrogen-bond acceptors (Lipinski definition) is 2. The molecule has 102 valence electrons. The minimum absolute atomic E-state index is 0.199. The van der Waals surface area contributed by atoms with E-state index in [9.17, 15) is 10.2 Å². The molecule has 0 saturated carbocycles. The van der Waals surface area contributed by atoms with Gasteiger partial charge in [0.25, 0.3) is 0 Å². The predicted molar refractivity (Wildman–Crippen MR) is 90.0 cm³/mol. The number of phenols is 2. The zero-order valence-corrected chi connectivity index (χ0v) is 12.6. The van der Waals surface area contributed by atoms with Gasteiger partial charge in [-0.1, -0.05) is 64.5 Å². The first-order valence-electron chi connectivity index (χ1n) is 6.62. The number of benzene rings is 4. The standard InChI is InChI=1S/C18H11BrO2/c19-15-9-14-16(11-6-2-1-5-10(11)15)18(21)13-8-4-3-7-12(13)17(14)20/h1-9,20-21H. The molecule has 21 heavy (non-hydrogen) atoms. The number of hydrogen-bond donors (Lipinski definition) is 2. The van der Waals surface area contributed by atoms with Crippen LogP contribution < -0.4 is 0 Å².